The van der Waals surface area contributed by atoms with Crippen LogP contribution in [0.2, 0.25) is 0 Å². The Labute approximate surface area is 166 Å². The fourth-order valence-corrected chi connectivity index (χ4v) is 4.14. The first-order chi connectivity index (χ1) is 13.4. The quantitative estimate of drug-likeness (QED) is 0.375. The molecule has 1 atom stereocenters. The number of benzene rings is 2. The summed E-state index contributed by atoms with van der Waals surface area (Å²) in [5.74, 6) is 1.09. The van der Waals surface area contributed by atoms with Gasteiger partial charge in [-0.3, -0.25) is 9.36 Å². The third-order valence-electron chi connectivity index (χ3n) is 4.38. The summed E-state index contributed by atoms with van der Waals surface area (Å²) in [4.78, 5) is 22.4. The van der Waals surface area contributed by atoms with Gasteiger partial charge in [0.2, 0.25) is 5.89 Å². The first kappa shape index (κ1) is 18.4. The summed E-state index contributed by atoms with van der Waals surface area (Å²) in [6.07, 6.45) is 0. The van der Waals surface area contributed by atoms with Gasteiger partial charge in [-0.15, -0.1) is 0 Å². The lowest BCUT2D eigenvalue weighted by Gasteiger charge is -2.16. The van der Waals surface area contributed by atoms with Crippen molar-refractivity contribution in [3.05, 3.63) is 75.7 Å². The Morgan fingerprint density at radius 3 is 2.43 bits per heavy atom. The molecule has 1 unspecified atom stereocenters. The average Bonchev–Trinajstić information content (AvgIpc) is 3.08. The van der Waals surface area contributed by atoms with E-state index in [4.69, 9.17) is 9.51 Å². The van der Waals surface area contributed by atoms with Crippen LogP contribution in [-0.4, -0.2) is 19.7 Å². The van der Waals surface area contributed by atoms with Gasteiger partial charge in [0.05, 0.1) is 21.8 Å². The molecule has 4 rings (SSSR count). The van der Waals surface area contributed by atoms with Gasteiger partial charge in [-0.25, -0.2) is 4.98 Å². The van der Waals surface area contributed by atoms with E-state index in [2.05, 4.69) is 16.2 Å². The zero-order chi connectivity index (χ0) is 19.8. The zero-order valence-corrected chi connectivity index (χ0v) is 16.9. The first-order valence-corrected chi connectivity index (χ1v) is 9.87. The van der Waals surface area contributed by atoms with Gasteiger partial charge >= 0.3 is 0 Å². The molecule has 0 radical (unpaired) electrons. The van der Waals surface area contributed by atoms with Crippen LogP contribution < -0.4 is 5.56 Å². The maximum Gasteiger partial charge on any atom is 0.266 e. The van der Waals surface area contributed by atoms with Gasteiger partial charge in [-0.05, 0) is 63.1 Å². The van der Waals surface area contributed by atoms with E-state index >= 15 is 0 Å². The van der Waals surface area contributed by atoms with Gasteiger partial charge < -0.3 is 4.52 Å². The lowest BCUT2D eigenvalue weighted by atomic mass is 10.1. The molecule has 0 bridgehead atoms. The molecule has 0 spiro atoms. The molecule has 0 aliphatic carbocycles. The molecule has 6 nitrogen and oxygen atoms in total. The number of hydrogen-bond donors (Lipinski definition) is 0. The topological polar surface area (TPSA) is 73.8 Å². The molecule has 2 heterocycles. The lowest BCUT2D eigenvalue weighted by Crippen LogP contribution is -2.22. The first-order valence-electron chi connectivity index (χ1n) is 8.99. The van der Waals surface area contributed by atoms with Crippen molar-refractivity contribution in [2.75, 3.05) is 0 Å². The van der Waals surface area contributed by atoms with Gasteiger partial charge in [-0.2, -0.15) is 4.98 Å². The molecular weight excluding hydrogens is 372 g/mol. The normalized spacial score (nSPS) is 12.4. The van der Waals surface area contributed by atoms with E-state index < -0.39 is 0 Å². The number of nitrogens with zero attached hydrogens (tertiary/aromatic N) is 4. The van der Waals surface area contributed by atoms with Crippen LogP contribution in [0.1, 0.15) is 35.0 Å². The monoisotopic (exact) mass is 392 g/mol. The fourth-order valence-electron chi connectivity index (χ4n) is 3.19. The molecule has 0 aliphatic rings. The van der Waals surface area contributed by atoms with E-state index in [0.717, 1.165) is 16.8 Å². The third kappa shape index (κ3) is 3.45. The summed E-state index contributed by atoms with van der Waals surface area (Å²) in [6, 6.07) is 13.5. The van der Waals surface area contributed by atoms with Gasteiger partial charge in [0.15, 0.2) is 11.0 Å². The Morgan fingerprint density at radius 1 is 1.04 bits per heavy atom. The van der Waals surface area contributed by atoms with Crippen LogP contribution in [0.5, 0.6) is 0 Å². The van der Waals surface area contributed by atoms with Crippen molar-refractivity contribution in [2.24, 2.45) is 0 Å². The van der Waals surface area contributed by atoms with E-state index in [-0.39, 0.29) is 10.8 Å². The summed E-state index contributed by atoms with van der Waals surface area (Å²) in [5, 5.41) is 4.90. The Hall–Kier alpha value is -2.93. The highest BCUT2D eigenvalue weighted by Gasteiger charge is 2.20. The van der Waals surface area contributed by atoms with Crippen molar-refractivity contribution in [2.45, 2.75) is 38.1 Å². The number of thioether (sulfide) groups is 1. The second-order valence-electron chi connectivity index (χ2n) is 6.84. The highest BCUT2D eigenvalue weighted by molar-refractivity contribution is 7.99. The molecule has 0 fully saturated rings. The van der Waals surface area contributed by atoms with Gasteiger partial charge in [0.25, 0.3) is 5.56 Å². The largest absolute Gasteiger partial charge is 0.338 e. The van der Waals surface area contributed by atoms with Crippen LogP contribution in [0, 0.1) is 20.8 Å². The van der Waals surface area contributed by atoms with Crippen LogP contribution in [0.25, 0.3) is 16.6 Å². The maximum atomic E-state index is 13.4. The number of hydrogen-bond acceptors (Lipinski definition) is 6. The van der Waals surface area contributed by atoms with Gasteiger partial charge in [0.1, 0.15) is 0 Å². The van der Waals surface area contributed by atoms with Crippen LogP contribution in [0.3, 0.4) is 0 Å². The molecule has 0 amide bonds. The number of aryl methyl sites for hydroxylation is 3. The minimum atomic E-state index is -0.147. The van der Waals surface area contributed by atoms with E-state index in [1.165, 1.54) is 11.8 Å². The van der Waals surface area contributed by atoms with Crippen molar-refractivity contribution < 1.29 is 4.52 Å². The molecular formula is C21H20N4O2S. The Balaban J connectivity index is 1.92. The molecule has 4 aromatic rings. The molecule has 142 valence electrons. The molecule has 0 aliphatic heterocycles. The Kier molecular flexibility index (Phi) is 4.77. The van der Waals surface area contributed by atoms with Crippen LogP contribution >= 0.6 is 11.8 Å². The van der Waals surface area contributed by atoms with Crippen molar-refractivity contribution in [3.8, 4) is 5.69 Å². The van der Waals surface area contributed by atoms with Crippen molar-refractivity contribution >= 4 is 22.7 Å². The second-order valence-corrected chi connectivity index (χ2v) is 8.15. The molecule has 0 saturated heterocycles. The highest BCUT2D eigenvalue weighted by Crippen LogP contribution is 2.34. The molecule has 2 aromatic carbocycles. The van der Waals surface area contributed by atoms with Crippen LogP contribution in [0.15, 0.2) is 56.9 Å². The summed E-state index contributed by atoms with van der Waals surface area (Å²) in [6.45, 7) is 7.79. The minimum Gasteiger partial charge on any atom is -0.338 e. The summed E-state index contributed by atoms with van der Waals surface area (Å²) >= 11 is 1.43. The van der Waals surface area contributed by atoms with E-state index in [9.17, 15) is 4.79 Å². The Morgan fingerprint density at radius 2 is 1.75 bits per heavy atom. The van der Waals surface area contributed by atoms with Crippen molar-refractivity contribution in [1.29, 1.82) is 0 Å². The smallest absolute Gasteiger partial charge is 0.266 e. The lowest BCUT2D eigenvalue weighted by molar-refractivity contribution is 0.376. The number of fused-ring (bicyclic) bond motifs is 1. The summed E-state index contributed by atoms with van der Waals surface area (Å²) < 4.78 is 6.98. The second kappa shape index (κ2) is 7.24. The van der Waals surface area contributed by atoms with E-state index in [0.29, 0.717) is 27.8 Å². The van der Waals surface area contributed by atoms with E-state index in [1.54, 1.807) is 11.5 Å². The van der Waals surface area contributed by atoms with Gasteiger partial charge in [0, 0.05) is 0 Å². The van der Waals surface area contributed by atoms with Crippen LogP contribution in [-0.2, 0) is 0 Å². The molecule has 0 saturated carbocycles. The SMILES string of the molecule is Cc1cc(C)cc(-n2c(SC(C)c3nc(C)no3)nc3ccccc3c2=O)c1. The van der Waals surface area contributed by atoms with E-state index in [1.807, 2.05) is 57.2 Å². The van der Waals surface area contributed by atoms with Crippen molar-refractivity contribution in [3.63, 3.8) is 0 Å². The maximum absolute atomic E-state index is 13.4. The number of para-hydroxylation sites is 1. The van der Waals surface area contributed by atoms with Crippen LogP contribution in [0.4, 0.5) is 0 Å². The zero-order valence-electron chi connectivity index (χ0n) is 16.1. The minimum absolute atomic E-state index is 0.0907. The van der Waals surface area contributed by atoms with Crippen molar-refractivity contribution in [1.82, 2.24) is 19.7 Å². The average molecular weight is 392 g/mol. The molecule has 2 aromatic heterocycles. The van der Waals surface area contributed by atoms with Gasteiger partial charge in [-0.1, -0.05) is 35.1 Å². The molecule has 28 heavy (non-hydrogen) atoms. The number of aromatic nitrogens is 4. The Bertz CT molecular complexity index is 1210. The summed E-state index contributed by atoms with van der Waals surface area (Å²) in [7, 11) is 0. The summed E-state index contributed by atoms with van der Waals surface area (Å²) in [5.41, 5.74) is 3.56. The fraction of sp³-hybridized carbons (Fsp3) is 0.238. The third-order valence-corrected chi connectivity index (χ3v) is 5.42. The number of rotatable bonds is 4. The molecule has 0 N–H and O–H groups in total. The predicted molar refractivity (Wildman–Crippen MR) is 110 cm³/mol. The highest BCUT2D eigenvalue weighted by atomic mass is 32.2. The standard InChI is InChI=1S/C21H20N4O2S/c1-12-9-13(2)11-16(10-12)25-20(26)17-7-5-6-8-18(17)23-21(25)28-14(3)19-22-15(4)24-27-19/h5-11,14H,1-4H3. The molecule has 7 heteroatoms. The predicted octanol–water partition coefficient (Wildman–Crippen LogP) is 4.55.